The first-order valence-corrected chi connectivity index (χ1v) is 11.1. The Bertz CT molecular complexity index is 627. The molecule has 1 saturated heterocycles. The summed E-state index contributed by atoms with van der Waals surface area (Å²) in [5.41, 5.74) is 1.23. The Morgan fingerprint density at radius 3 is 2.82 bits per heavy atom. The molecule has 2 rings (SSSR count). The Morgan fingerprint density at radius 2 is 2.04 bits per heavy atom. The van der Waals surface area contributed by atoms with Gasteiger partial charge >= 0.3 is 12.0 Å². The summed E-state index contributed by atoms with van der Waals surface area (Å²) in [4.78, 5) is 25.5. The van der Waals surface area contributed by atoms with Gasteiger partial charge in [-0.2, -0.15) is 0 Å². The second-order valence-electron chi connectivity index (χ2n) is 7.19. The number of nitrogens with zero attached hydrogens (tertiary/aromatic N) is 1. The molecule has 0 aliphatic carbocycles. The molecule has 0 aromatic heterocycles. The molecule has 0 bridgehead atoms. The highest BCUT2D eigenvalue weighted by Gasteiger charge is 2.23. The molecule has 1 aromatic carbocycles. The van der Waals surface area contributed by atoms with Crippen LogP contribution < -0.4 is 15.5 Å². The van der Waals surface area contributed by atoms with E-state index in [4.69, 9.17) is 4.74 Å². The van der Waals surface area contributed by atoms with Crippen molar-refractivity contribution >= 4 is 33.6 Å². The highest BCUT2D eigenvalue weighted by molar-refractivity contribution is 9.10. The second-order valence-corrected chi connectivity index (χ2v) is 8.10. The number of carbonyl (C=O) groups excluding carboxylic acids is 2. The fourth-order valence-electron chi connectivity index (χ4n) is 3.39. The first-order valence-electron chi connectivity index (χ1n) is 10.3. The molecule has 156 valence electrons. The van der Waals surface area contributed by atoms with Crippen LogP contribution in [0.15, 0.2) is 28.7 Å². The van der Waals surface area contributed by atoms with Crippen LogP contribution in [0.1, 0.15) is 45.4 Å². The van der Waals surface area contributed by atoms with Crippen LogP contribution in [-0.4, -0.2) is 44.8 Å². The van der Waals surface area contributed by atoms with Crippen LogP contribution in [0.5, 0.6) is 0 Å². The smallest absolute Gasteiger partial charge is 0.314 e. The Morgan fingerprint density at radius 1 is 1.21 bits per heavy atom. The zero-order valence-electron chi connectivity index (χ0n) is 16.7. The normalized spacial score (nSPS) is 16.1. The quantitative estimate of drug-likeness (QED) is 0.390. The van der Waals surface area contributed by atoms with Gasteiger partial charge in [-0.25, -0.2) is 4.79 Å². The third-order valence-electron chi connectivity index (χ3n) is 4.91. The number of hydrogen-bond acceptors (Lipinski definition) is 4. The second kappa shape index (κ2) is 12.6. The fraction of sp³-hybridized carbons (Fsp3) is 0.619. The number of amides is 2. The maximum atomic E-state index is 11.9. The van der Waals surface area contributed by atoms with Crippen molar-refractivity contribution in [3.8, 4) is 0 Å². The van der Waals surface area contributed by atoms with Gasteiger partial charge in [0.1, 0.15) is 0 Å². The van der Waals surface area contributed by atoms with Gasteiger partial charge in [0.15, 0.2) is 0 Å². The van der Waals surface area contributed by atoms with Gasteiger partial charge in [-0.05, 0) is 50.3 Å². The molecule has 1 unspecified atom stereocenters. The highest BCUT2D eigenvalue weighted by atomic mass is 79.9. The first-order chi connectivity index (χ1) is 13.6. The predicted octanol–water partition coefficient (Wildman–Crippen LogP) is 4.09. The number of halogens is 1. The minimum atomic E-state index is -0.120. The molecule has 7 heteroatoms. The summed E-state index contributed by atoms with van der Waals surface area (Å²) in [6.07, 6.45) is 5.34. The molecule has 1 atom stereocenters. The van der Waals surface area contributed by atoms with Crippen LogP contribution in [-0.2, 0) is 9.53 Å². The maximum Gasteiger partial charge on any atom is 0.314 e. The van der Waals surface area contributed by atoms with E-state index in [1.165, 1.54) is 5.69 Å². The summed E-state index contributed by atoms with van der Waals surface area (Å²) in [6, 6.07) is 8.25. The maximum absolute atomic E-state index is 11.9. The largest absolute Gasteiger partial charge is 0.466 e. The standard InChI is InChI=1S/C21H32BrN3O3/c1-2-28-20(26)10-5-3-4-6-12-23-21(27)24-15-17-11-13-25(16-17)19-9-7-8-18(22)14-19/h7-9,14,17H,2-6,10-13,15-16H2,1H3,(H2,23,24,27). The van der Waals surface area contributed by atoms with E-state index in [-0.39, 0.29) is 12.0 Å². The zero-order valence-corrected chi connectivity index (χ0v) is 18.3. The molecule has 0 radical (unpaired) electrons. The van der Waals surface area contributed by atoms with Crippen LogP contribution in [0.25, 0.3) is 0 Å². The van der Waals surface area contributed by atoms with Crippen molar-refractivity contribution in [1.82, 2.24) is 10.6 Å². The van der Waals surface area contributed by atoms with E-state index < -0.39 is 0 Å². The lowest BCUT2D eigenvalue weighted by molar-refractivity contribution is -0.143. The number of carbonyl (C=O) groups is 2. The summed E-state index contributed by atoms with van der Waals surface area (Å²) in [5, 5.41) is 5.91. The molecule has 1 heterocycles. The number of nitrogens with one attached hydrogen (secondary N) is 2. The Kier molecular flexibility index (Phi) is 10.2. The summed E-state index contributed by atoms with van der Waals surface area (Å²) >= 11 is 3.52. The molecule has 1 aliphatic heterocycles. The van der Waals surface area contributed by atoms with Gasteiger partial charge in [0.25, 0.3) is 0 Å². The van der Waals surface area contributed by atoms with Crippen molar-refractivity contribution in [1.29, 1.82) is 0 Å². The van der Waals surface area contributed by atoms with Crippen LogP contribution in [0.2, 0.25) is 0 Å². The number of urea groups is 1. The lowest BCUT2D eigenvalue weighted by atomic mass is 10.1. The summed E-state index contributed by atoms with van der Waals surface area (Å²) in [7, 11) is 0. The van der Waals surface area contributed by atoms with Gasteiger partial charge in [-0.3, -0.25) is 4.79 Å². The monoisotopic (exact) mass is 453 g/mol. The third kappa shape index (κ3) is 8.50. The van der Waals surface area contributed by atoms with Gasteiger partial charge in [-0.15, -0.1) is 0 Å². The molecular formula is C21H32BrN3O3. The molecule has 1 aromatic rings. The molecule has 2 amide bonds. The summed E-state index contributed by atoms with van der Waals surface area (Å²) in [6.45, 7) is 5.63. The van der Waals surface area contributed by atoms with E-state index in [1.54, 1.807) is 0 Å². The van der Waals surface area contributed by atoms with E-state index in [2.05, 4.69) is 49.7 Å². The molecule has 1 fully saturated rings. The third-order valence-corrected chi connectivity index (χ3v) is 5.40. The van der Waals surface area contributed by atoms with E-state index in [0.717, 1.165) is 49.7 Å². The van der Waals surface area contributed by atoms with Crippen molar-refractivity contribution in [2.75, 3.05) is 37.7 Å². The SMILES string of the molecule is CCOC(=O)CCCCCCNC(=O)NCC1CCN(c2cccc(Br)c2)C1. The molecule has 28 heavy (non-hydrogen) atoms. The average molecular weight is 454 g/mol. The first kappa shape index (κ1) is 22.5. The van der Waals surface area contributed by atoms with Gasteiger partial charge in [0.2, 0.25) is 0 Å². The Balaban J connectivity index is 1.50. The van der Waals surface area contributed by atoms with Crippen molar-refractivity contribution in [3.63, 3.8) is 0 Å². The molecular weight excluding hydrogens is 422 g/mol. The molecule has 6 nitrogen and oxygen atoms in total. The number of esters is 1. The lowest BCUT2D eigenvalue weighted by Gasteiger charge is -2.19. The van der Waals surface area contributed by atoms with Crippen molar-refractivity contribution in [2.24, 2.45) is 5.92 Å². The number of benzene rings is 1. The number of rotatable bonds is 11. The number of hydrogen-bond donors (Lipinski definition) is 2. The number of anilines is 1. The van der Waals surface area contributed by atoms with E-state index in [9.17, 15) is 9.59 Å². The Labute approximate surface area is 176 Å². The predicted molar refractivity (Wildman–Crippen MR) is 116 cm³/mol. The van der Waals surface area contributed by atoms with Crippen LogP contribution in [0.4, 0.5) is 10.5 Å². The van der Waals surface area contributed by atoms with Crippen molar-refractivity contribution in [2.45, 2.75) is 45.4 Å². The van der Waals surface area contributed by atoms with E-state index in [0.29, 0.717) is 32.0 Å². The summed E-state index contributed by atoms with van der Waals surface area (Å²) < 4.78 is 5.99. The molecule has 0 saturated carbocycles. The summed E-state index contributed by atoms with van der Waals surface area (Å²) in [5.74, 6) is 0.359. The number of unbranched alkanes of at least 4 members (excludes halogenated alkanes) is 3. The van der Waals surface area contributed by atoms with Crippen molar-refractivity contribution in [3.05, 3.63) is 28.7 Å². The van der Waals surface area contributed by atoms with Gasteiger partial charge in [0, 0.05) is 42.8 Å². The van der Waals surface area contributed by atoms with E-state index in [1.807, 2.05) is 13.0 Å². The van der Waals surface area contributed by atoms with Gasteiger partial charge in [0.05, 0.1) is 6.61 Å². The van der Waals surface area contributed by atoms with Gasteiger partial charge in [-0.1, -0.05) is 34.8 Å². The molecule has 2 N–H and O–H groups in total. The number of ether oxygens (including phenoxy) is 1. The molecule has 1 aliphatic rings. The highest BCUT2D eigenvalue weighted by Crippen LogP contribution is 2.25. The lowest BCUT2D eigenvalue weighted by Crippen LogP contribution is -2.39. The van der Waals surface area contributed by atoms with Gasteiger partial charge < -0.3 is 20.3 Å². The fourth-order valence-corrected chi connectivity index (χ4v) is 3.78. The Hall–Kier alpha value is -1.76. The average Bonchev–Trinajstić information content (AvgIpc) is 3.15. The van der Waals surface area contributed by atoms with Crippen molar-refractivity contribution < 1.29 is 14.3 Å². The zero-order chi connectivity index (χ0) is 20.2. The van der Waals surface area contributed by atoms with Crippen LogP contribution in [0, 0.1) is 5.92 Å². The molecule has 0 spiro atoms. The van der Waals surface area contributed by atoms with E-state index >= 15 is 0 Å². The van der Waals surface area contributed by atoms with Crippen LogP contribution in [0.3, 0.4) is 0 Å². The topological polar surface area (TPSA) is 70.7 Å². The van der Waals surface area contributed by atoms with Crippen LogP contribution >= 0.6 is 15.9 Å². The minimum absolute atomic E-state index is 0.0903. The minimum Gasteiger partial charge on any atom is -0.466 e.